The van der Waals surface area contributed by atoms with Gasteiger partial charge in [-0.05, 0) is 44.0 Å². The summed E-state index contributed by atoms with van der Waals surface area (Å²) in [7, 11) is 0. The van der Waals surface area contributed by atoms with Gasteiger partial charge in [0.25, 0.3) is 5.91 Å². The molecular formula is C20H28N2O5. The molecule has 1 fully saturated rings. The summed E-state index contributed by atoms with van der Waals surface area (Å²) in [5.41, 5.74) is 0.815. The first-order valence-corrected chi connectivity index (χ1v) is 9.59. The standard InChI is InChI=1S/C20H28N2O5/c1-2-26-20(25)22-17-12-10-15(11-13-17)19(24)27-14-18(23)21-16-8-6-4-3-5-7-9-16/h10-13,16H,2-9,14H2,1H3,(H,21,23)(H,22,25). The summed E-state index contributed by atoms with van der Waals surface area (Å²) in [5, 5.41) is 5.50. The van der Waals surface area contributed by atoms with E-state index in [0.29, 0.717) is 11.3 Å². The molecule has 7 nitrogen and oxygen atoms in total. The largest absolute Gasteiger partial charge is 0.452 e. The van der Waals surface area contributed by atoms with Crippen molar-refractivity contribution < 1.29 is 23.9 Å². The molecule has 0 aromatic heterocycles. The van der Waals surface area contributed by atoms with Crippen LogP contribution in [0.5, 0.6) is 0 Å². The number of carbonyl (C=O) groups excluding carboxylic acids is 3. The molecule has 7 heteroatoms. The molecule has 0 bridgehead atoms. The van der Waals surface area contributed by atoms with Crippen LogP contribution >= 0.6 is 0 Å². The summed E-state index contributed by atoms with van der Waals surface area (Å²) in [4.78, 5) is 35.4. The number of hydrogen-bond donors (Lipinski definition) is 2. The lowest BCUT2D eigenvalue weighted by Gasteiger charge is -2.20. The van der Waals surface area contributed by atoms with Gasteiger partial charge in [-0.25, -0.2) is 9.59 Å². The zero-order chi connectivity index (χ0) is 19.5. The Morgan fingerprint density at radius 2 is 1.59 bits per heavy atom. The van der Waals surface area contributed by atoms with Crippen LogP contribution < -0.4 is 10.6 Å². The van der Waals surface area contributed by atoms with Crippen LogP contribution in [0.25, 0.3) is 0 Å². The van der Waals surface area contributed by atoms with Crippen LogP contribution in [-0.4, -0.2) is 37.2 Å². The molecule has 1 aliphatic rings. The average Bonchev–Trinajstić information content (AvgIpc) is 2.62. The molecular weight excluding hydrogens is 348 g/mol. The van der Waals surface area contributed by atoms with Gasteiger partial charge >= 0.3 is 12.1 Å². The van der Waals surface area contributed by atoms with E-state index in [1.54, 1.807) is 19.1 Å². The van der Waals surface area contributed by atoms with Crippen molar-refractivity contribution in [3.63, 3.8) is 0 Å². The van der Waals surface area contributed by atoms with E-state index in [2.05, 4.69) is 10.6 Å². The smallest absolute Gasteiger partial charge is 0.411 e. The van der Waals surface area contributed by atoms with Crippen LogP contribution in [-0.2, 0) is 14.3 Å². The van der Waals surface area contributed by atoms with E-state index >= 15 is 0 Å². The number of rotatable bonds is 6. The summed E-state index contributed by atoms with van der Waals surface area (Å²) in [5.74, 6) is -0.847. The van der Waals surface area contributed by atoms with Crippen molar-refractivity contribution in [2.24, 2.45) is 0 Å². The van der Waals surface area contributed by atoms with Crippen LogP contribution in [0.3, 0.4) is 0 Å². The maximum absolute atomic E-state index is 12.1. The van der Waals surface area contributed by atoms with Gasteiger partial charge in [-0.2, -0.15) is 0 Å². The van der Waals surface area contributed by atoms with Crippen LogP contribution in [0.4, 0.5) is 10.5 Å². The highest BCUT2D eigenvalue weighted by Crippen LogP contribution is 2.17. The van der Waals surface area contributed by atoms with Crippen LogP contribution in [0.15, 0.2) is 24.3 Å². The molecule has 0 saturated heterocycles. The molecule has 1 aromatic carbocycles. The van der Waals surface area contributed by atoms with Crippen molar-refractivity contribution in [1.82, 2.24) is 5.32 Å². The van der Waals surface area contributed by atoms with Crippen molar-refractivity contribution >= 4 is 23.7 Å². The molecule has 148 valence electrons. The second-order valence-electron chi connectivity index (χ2n) is 6.61. The molecule has 0 spiro atoms. The molecule has 0 atom stereocenters. The molecule has 1 aliphatic carbocycles. The van der Waals surface area contributed by atoms with E-state index in [-0.39, 0.29) is 25.2 Å². The van der Waals surface area contributed by atoms with Gasteiger partial charge in [0.05, 0.1) is 12.2 Å². The van der Waals surface area contributed by atoms with Crippen molar-refractivity contribution in [2.75, 3.05) is 18.5 Å². The van der Waals surface area contributed by atoms with Crippen molar-refractivity contribution in [2.45, 2.75) is 57.9 Å². The Balaban J connectivity index is 1.75. The number of benzene rings is 1. The van der Waals surface area contributed by atoms with E-state index in [4.69, 9.17) is 9.47 Å². The number of esters is 1. The number of anilines is 1. The Hall–Kier alpha value is -2.57. The van der Waals surface area contributed by atoms with Gasteiger partial charge in [0, 0.05) is 11.7 Å². The second kappa shape index (κ2) is 11.2. The molecule has 2 amide bonds. The Morgan fingerprint density at radius 1 is 0.963 bits per heavy atom. The lowest BCUT2D eigenvalue weighted by Crippen LogP contribution is -2.38. The molecule has 0 unspecified atom stereocenters. The Kier molecular flexibility index (Phi) is 8.61. The molecule has 0 heterocycles. The quantitative estimate of drug-likeness (QED) is 0.739. The Labute approximate surface area is 159 Å². The molecule has 27 heavy (non-hydrogen) atoms. The lowest BCUT2D eigenvalue weighted by atomic mass is 9.97. The average molecular weight is 376 g/mol. The van der Waals surface area contributed by atoms with Gasteiger partial charge in [-0.1, -0.05) is 32.1 Å². The van der Waals surface area contributed by atoms with E-state index < -0.39 is 12.1 Å². The molecule has 0 radical (unpaired) electrons. The number of ether oxygens (including phenoxy) is 2. The van der Waals surface area contributed by atoms with Gasteiger partial charge in [0.1, 0.15) is 0 Å². The number of hydrogen-bond acceptors (Lipinski definition) is 5. The van der Waals surface area contributed by atoms with Gasteiger partial charge in [-0.3, -0.25) is 10.1 Å². The zero-order valence-corrected chi connectivity index (χ0v) is 15.8. The minimum absolute atomic E-state index is 0.171. The number of amides is 2. The first-order chi connectivity index (χ1) is 13.1. The van der Waals surface area contributed by atoms with E-state index in [0.717, 1.165) is 25.7 Å². The molecule has 0 aliphatic heterocycles. The van der Waals surface area contributed by atoms with Gasteiger partial charge in [0.2, 0.25) is 0 Å². The second-order valence-corrected chi connectivity index (χ2v) is 6.61. The van der Waals surface area contributed by atoms with Gasteiger partial charge in [0.15, 0.2) is 6.61 Å². The number of nitrogens with one attached hydrogen (secondary N) is 2. The van der Waals surface area contributed by atoms with E-state index in [9.17, 15) is 14.4 Å². The summed E-state index contributed by atoms with van der Waals surface area (Å²) >= 11 is 0. The topological polar surface area (TPSA) is 93.7 Å². The Morgan fingerprint density at radius 3 is 2.22 bits per heavy atom. The van der Waals surface area contributed by atoms with Crippen molar-refractivity contribution in [1.29, 1.82) is 0 Å². The maximum atomic E-state index is 12.1. The zero-order valence-electron chi connectivity index (χ0n) is 15.8. The fourth-order valence-corrected chi connectivity index (χ4v) is 3.06. The third kappa shape index (κ3) is 7.68. The summed E-state index contributed by atoms with van der Waals surface area (Å²) < 4.78 is 9.86. The first-order valence-electron chi connectivity index (χ1n) is 9.59. The summed E-state index contributed by atoms with van der Waals surface area (Å²) in [6.45, 7) is 1.70. The minimum Gasteiger partial charge on any atom is -0.452 e. The van der Waals surface area contributed by atoms with Crippen LogP contribution in [0, 0.1) is 0 Å². The third-order valence-electron chi connectivity index (χ3n) is 4.45. The Bertz CT molecular complexity index is 622. The monoisotopic (exact) mass is 376 g/mol. The minimum atomic E-state index is -0.578. The highest BCUT2D eigenvalue weighted by atomic mass is 16.5. The van der Waals surface area contributed by atoms with E-state index in [1.807, 2.05) is 0 Å². The third-order valence-corrected chi connectivity index (χ3v) is 4.45. The maximum Gasteiger partial charge on any atom is 0.411 e. The van der Waals surface area contributed by atoms with Crippen LogP contribution in [0.2, 0.25) is 0 Å². The summed E-state index contributed by atoms with van der Waals surface area (Å²) in [6, 6.07) is 6.36. The lowest BCUT2D eigenvalue weighted by molar-refractivity contribution is -0.125. The van der Waals surface area contributed by atoms with E-state index in [1.165, 1.54) is 31.4 Å². The van der Waals surface area contributed by atoms with Crippen molar-refractivity contribution in [3.05, 3.63) is 29.8 Å². The molecule has 2 rings (SSSR count). The molecule has 1 saturated carbocycles. The fourth-order valence-electron chi connectivity index (χ4n) is 3.06. The van der Waals surface area contributed by atoms with Gasteiger partial charge < -0.3 is 14.8 Å². The normalized spacial score (nSPS) is 15.1. The molecule has 2 N–H and O–H groups in total. The summed E-state index contributed by atoms with van der Waals surface area (Å²) in [6.07, 6.45) is 7.34. The highest BCUT2D eigenvalue weighted by Gasteiger charge is 2.16. The first kappa shape index (κ1) is 20.7. The SMILES string of the molecule is CCOC(=O)Nc1ccc(C(=O)OCC(=O)NC2CCCCCCC2)cc1. The predicted molar refractivity (Wildman–Crippen MR) is 102 cm³/mol. The number of carbonyl (C=O) groups is 3. The van der Waals surface area contributed by atoms with Crippen molar-refractivity contribution in [3.8, 4) is 0 Å². The van der Waals surface area contributed by atoms with Gasteiger partial charge in [-0.15, -0.1) is 0 Å². The highest BCUT2D eigenvalue weighted by molar-refractivity contribution is 5.92. The predicted octanol–water partition coefficient (Wildman–Crippen LogP) is 3.64. The van der Waals surface area contributed by atoms with Crippen LogP contribution in [0.1, 0.15) is 62.2 Å². The molecule has 1 aromatic rings. The fraction of sp³-hybridized carbons (Fsp3) is 0.550.